The van der Waals surface area contributed by atoms with Crippen LogP contribution in [0.25, 0.3) is 0 Å². The molecule has 3 heteroatoms. The molecule has 0 N–H and O–H groups in total. The van der Waals surface area contributed by atoms with E-state index in [1.807, 2.05) is 18.2 Å². The minimum Gasteiger partial charge on any atom is -0.493 e. The van der Waals surface area contributed by atoms with Crippen LogP contribution in [0.5, 0.6) is 11.5 Å². The predicted molar refractivity (Wildman–Crippen MR) is 61.5 cm³/mol. The Morgan fingerprint density at radius 3 is 2.36 bits per heavy atom. The summed E-state index contributed by atoms with van der Waals surface area (Å²) >= 11 is 3.60. The van der Waals surface area contributed by atoms with Gasteiger partial charge in [0.2, 0.25) is 0 Å². The van der Waals surface area contributed by atoms with Gasteiger partial charge in [0.1, 0.15) is 0 Å². The third-order valence-corrected chi connectivity index (χ3v) is 3.30. The monoisotopic (exact) mass is 258 g/mol. The zero-order valence-corrected chi connectivity index (χ0v) is 10.3. The Kier molecular flexibility index (Phi) is 4.26. The Balaban J connectivity index is 3.01. The molecule has 1 rings (SSSR count). The van der Waals surface area contributed by atoms with Crippen molar-refractivity contribution in [3.05, 3.63) is 23.8 Å². The Morgan fingerprint density at radius 1 is 1.21 bits per heavy atom. The van der Waals surface area contributed by atoms with Crippen LogP contribution in [-0.4, -0.2) is 14.2 Å². The molecule has 0 aliphatic rings. The van der Waals surface area contributed by atoms with Crippen LogP contribution in [0.15, 0.2) is 18.2 Å². The molecule has 14 heavy (non-hydrogen) atoms. The van der Waals surface area contributed by atoms with E-state index in [0.29, 0.717) is 4.83 Å². The van der Waals surface area contributed by atoms with E-state index in [1.54, 1.807) is 14.2 Å². The van der Waals surface area contributed by atoms with Gasteiger partial charge in [0.15, 0.2) is 11.5 Å². The van der Waals surface area contributed by atoms with E-state index in [0.717, 1.165) is 17.9 Å². The first-order valence-electron chi connectivity index (χ1n) is 4.59. The molecule has 0 aliphatic carbocycles. The number of alkyl halides is 1. The average molecular weight is 259 g/mol. The standard InChI is InChI=1S/C11H15BrO2/c1-4-9(12)8-5-6-10(13-2)11(7-8)14-3/h5-7,9H,4H2,1-3H3. The van der Waals surface area contributed by atoms with Crippen molar-refractivity contribution in [2.45, 2.75) is 18.2 Å². The molecule has 1 atom stereocenters. The second-order valence-corrected chi connectivity index (χ2v) is 4.10. The summed E-state index contributed by atoms with van der Waals surface area (Å²) in [7, 11) is 3.29. The molecule has 0 saturated carbocycles. The van der Waals surface area contributed by atoms with Gasteiger partial charge in [0.05, 0.1) is 14.2 Å². The lowest BCUT2D eigenvalue weighted by Gasteiger charge is -2.12. The van der Waals surface area contributed by atoms with E-state index in [2.05, 4.69) is 22.9 Å². The predicted octanol–water partition coefficient (Wildman–Crippen LogP) is 3.55. The summed E-state index contributed by atoms with van der Waals surface area (Å²) in [4.78, 5) is 0.377. The molecule has 0 bridgehead atoms. The van der Waals surface area contributed by atoms with Crippen molar-refractivity contribution in [2.24, 2.45) is 0 Å². The minimum absolute atomic E-state index is 0.377. The maximum Gasteiger partial charge on any atom is 0.161 e. The maximum atomic E-state index is 5.23. The van der Waals surface area contributed by atoms with Gasteiger partial charge in [-0.3, -0.25) is 0 Å². The van der Waals surface area contributed by atoms with E-state index in [-0.39, 0.29) is 0 Å². The lowest BCUT2D eigenvalue weighted by atomic mass is 10.1. The van der Waals surface area contributed by atoms with Gasteiger partial charge in [-0.05, 0) is 24.1 Å². The number of methoxy groups -OCH3 is 2. The Bertz CT molecular complexity index is 299. The number of ether oxygens (including phenoxy) is 2. The summed E-state index contributed by atoms with van der Waals surface area (Å²) in [6.45, 7) is 2.14. The number of hydrogen-bond acceptors (Lipinski definition) is 2. The first-order chi connectivity index (χ1) is 6.72. The quantitative estimate of drug-likeness (QED) is 0.770. The molecule has 0 aliphatic heterocycles. The Hall–Kier alpha value is -0.700. The lowest BCUT2D eigenvalue weighted by molar-refractivity contribution is 0.354. The molecule has 1 unspecified atom stereocenters. The normalized spacial score (nSPS) is 12.3. The SMILES string of the molecule is CCC(Br)c1ccc(OC)c(OC)c1. The van der Waals surface area contributed by atoms with Crippen LogP contribution in [0.4, 0.5) is 0 Å². The topological polar surface area (TPSA) is 18.5 Å². The molecule has 0 fully saturated rings. The van der Waals surface area contributed by atoms with Gasteiger partial charge < -0.3 is 9.47 Å². The molecule has 0 radical (unpaired) electrons. The van der Waals surface area contributed by atoms with Crippen molar-refractivity contribution >= 4 is 15.9 Å². The Labute approximate surface area is 93.4 Å². The van der Waals surface area contributed by atoms with Gasteiger partial charge in [-0.2, -0.15) is 0 Å². The van der Waals surface area contributed by atoms with Gasteiger partial charge in [0, 0.05) is 4.83 Å². The molecule has 1 aromatic carbocycles. The van der Waals surface area contributed by atoms with Crippen molar-refractivity contribution in [3.8, 4) is 11.5 Å². The third-order valence-electron chi connectivity index (χ3n) is 2.13. The summed E-state index contributed by atoms with van der Waals surface area (Å²) in [6, 6.07) is 5.98. The van der Waals surface area contributed by atoms with Crippen molar-refractivity contribution in [3.63, 3.8) is 0 Å². The third kappa shape index (κ3) is 2.41. The van der Waals surface area contributed by atoms with Crippen molar-refractivity contribution in [2.75, 3.05) is 14.2 Å². The molecule has 1 aromatic rings. The number of benzene rings is 1. The molecule has 0 spiro atoms. The second kappa shape index (κ2) is 5.25. The van der Waals surface area contributed by atoms with Crippen LogP contribution in [0.1, 0.15) is 23.7 Å². The van der Waals surface area contributed by atoms with Crippen LogP contribution < -0.4 is 9.47 Å². The fraction of sp³-hybridized carbons (Fsp3) is 0.455. The smallest absolute Gasteiger partial charge is 0.161 e. The Morgan fingerprint density at radius 2 is 1.86 bits per heavy atom. The zero-order chi connectivity index (χ0) is 10.6. The lowest BCUT2D eigenvalue weighted by Crippen LogP contribution is -1.93. The van der Waals surface area contributed by atoms with Gasteiger partial charge in [0.25, 0.3) is 0 Å². The minimum atomic E-state index is 0.377. The molecule has 0 amide bonds. The highest BCUT2D eigenvalue weighted by molar-refractivity contribution is 9.09. The van der Waals surface area contributed by atoms with Gasteiger partial charge in [-0.1, -0.05) is 28.9 Å². The molecular weight excluding hydrogens is 244 g/mol. The number of hydrogen-bond donors (Lipinski definition) is 0. The largest absolute Gasteiger partial charge is 0.493 e. The fourth-order valence-corrected chi connectivity index (χ4v) is 1.57. The van der Waals surface area contributed by atoms with Crippen molar-refractivity contribution in [1.82, 2.24) is 0 Å². The van der Waals surface area contributed by atoms with Crippen molar-refractivity contribution in [1.29, 1.82) is 0 Å². The van der Waals surface area contributed by atoms with E-state index in [4.69, 9.17) is 9.47 Å². The number of halogens is 1. The molecule has 0 aromatic heterocycles. The van der Waals surface area contributed by atoms with E-state index < -0.39 is 0 Å². The van der Waals surface area contributed by atoms with E-state index >= 15 is 0 Å². The second-order valence-electron chi connectivity index (χ2n) is 2.99. The fourth-order valence-electron chi connectivity index (χ4n) is 1.28. The first-order valence-corrected chi connectivity index (χ1v) is 5.50. The van der Waals surface area contributed by atoms with Gasteiger partial charge in [-0.25, -0.2) is 0 Å². The first kappa shape index (κ1) is 11.4. The molecular formula is C11H15BrO2. The summed E-state index contributed by atoms with van der Waals surface area (Å²) in [5, 5.41) is 0. The molecule has 0 heterocycles. The molecule has 0 saturated heterocycles. The average Bonchev–Trinajstić information content (AvgIpc) is 2.26. The van der Waals surface area contributed by atoms with Crippen LogP contribution in [0, 0.1) is 0 Å². The summed E-state index contributed by atoms with van der Waals surface area (Å²) in [6.07, 6.45) is 1.05. The highest BCUT2D eigenvalue weighted by Gasteiger charge is 2.09. The summed E-state index contributed by atoms with van der Waals surface area (Å²) in [5.74, 6) is 1.55. The van der Waals surface area contributed by atoms with Crippen LogP contribution in [0.3, 0.4) is 0 Å². The van der Waals surface area contributed by atoms with Crippen molar-refractivity contribution < 1.29 is 9.47 Å². The van der Waals surface area contributed by atoms with Crippen LogP contribution in [0.2, 0.25) is 0 Å². The highest BCUT2D eigenvalue weighted by Crippen LogP contribution is 2.33. The van der Waals surface area contributed by atoms with E-state index in [1.165, 1.54) is 5.56 Å². The highest BCUT2D eigenvalue weighted by atomic mass is 79.9. The van der Waals surface area contributed by atoms with Gasteiger partial charge in [-0.15, -0.1) is 0 Å². The summed E-state index contributed by atoms with van der Waals surface area (Å²) < 4.78 is 10.4. The number of rotatable bonds is 4. The molecule has 78 valence electrons. The maximum absolute atomic E-state index is 5.23. The van der Waals surface area contributed by atoms with Crippen LogP contribution in [-0.2, 0) is 0 Å². The molecule has 2 nitrogen and oxygen atoms in total. The van der Waals surface area contributed by atoms with E-state index in [9.17, 15) is 0 Å². The zero-order valence-electron chi connectivity index (χ0n) is 8.71. The van der Waals surface area contributed by atoms with Gasteiger partial charge >= 0.3 is 0 Å². The van der Waals surface area contributed by atoms with Crippen LogP contribution >= 0.6 is 15.9 Å². The summed E-state index contributed by atoms with van der Waals surface area (Å²) in [5.41, 5.74) is 1.21.